The molecule has 210 valence electrons. The van der Waals surface area contributed by atoms with Crippen molar-refractivity contribution in [3.8, 4) is 0 Å². The van der Waals surface area contributed by atoms with Crippen LogP contribution in [0.3, 0.4) is 0 Å². The van der Waals surface area contributed by atoms with E-state index in [4.69, 9.17) is 9.97 Å². The number of para-hydroxylation sites is 6. The van der Waals surface area contributed by atoms with Gasteiger partial charge in [-0.05, 0) is 61.4 Å². The van der Waals surface area contributed by atoms with E-state index in [1.54, 1.807) is 0 Å². The van der Waals surface area contributed by atoms with Crippen LogP contribution in [0.2, 0.25) is 0 Å². The van der Waals surface area contributed by atoms with Crippen LogP contribution in [0, 0.1) is 0 Å². The summed E-state index contributed by atoms with van der Waals surface area (Å²) in [6, 6.07) is 26.8. The molecule has 0 spiro atoms. The third-order valence-corrected chi connectivity index (χ3v) is 7.35. The van der Waals surface area contributed by atoms with Gasteiger partial charge in [0, 0.05) is 12.8 Å². The molecule has 0 atom stereocenters. The fourth-order valence-electron chi connectivity index (χ4n) is 5.19. The molecule has 8 nitrogen and oxygen atoms in total. The third-order valence-electron chi connectivity index (χ3n) is 7.35. The maximum Gasteiger partial charge on any atom is 0.224 e. The van der Waals surface area contributed by atoms with Gasteiger partial charge in [-0.25, -0.2) is 19.9 Å². The van der Waals surface area contributed by atoms with E-state index < -0.39 is 0 Å². The lowest BCUT2D eigenvalue weighted by Crippen LogP contribution is -2.12. The topological polar surface area (TPSA) is 110 Å². The van der Waals surface area contributed by atoms with Crippen molar-refractivity contribution in [1.29, 1.82) is 0 Å². The molecule has 0 aliphatic heterocycles. The maximum atomic E-state index is 12.6. The number of anilines is 2. The molecule has 0 saturated carbocycles. The lowest BCUT2D eigenvalue weighted by atomic mass is 10.1. The Morgan fingerprint density at radius 3 is 1.21 bits per heavy atom. The number of amides is 2. The molecule has 2 amide bonds. The summed E-state index contributed by atoms with van der Waals surface area (Å²) in [5.41, 5.74) is 7.60. The maximum absolute atomic E-state index is 12.6. The molecule has 8 heteroatoms. The van der Waals surface area contributed by atoms with Gasteiger partial charge in [-0.15, -0.1) is 0 Å². The van der Waals surface area contributed by atoms with E-state index in [9.17, 15) is 9.59 Å². The molecule has 2 heterocycles. The molecule has 0 unspecified atom stereocenters. The van der Waals surface area contributed by atoms with E-state index in [-0.39, 0.29) is 11.8 Å². The van der Waals surface area contributed by atoms with E-state index in [1.807, 2.05) is 84.9 Å². The Morgan fingerprint density at radius 2 is 0.786 bits per heavy atom. The molecule has 0 radical (unpaired) electrons. The van der Waals surface area contributed by atoms with Crippen LogP contribution in [0.1, 0.15) is 51.4 Å². The molecule has 2 N–H and O–H groups in total. The Balaban J connectivity index is 0.905. The fraction of sp³-hybridized carbons (Fsp3) is 0.235. The van der Waals surface area contributed by atoms with Crippen molar-refractivity contribution in [2.24, 2.45) is 0 Å². The molecule has 0 bridgehead atoms. The smallest absolute Gasteiger partial charge is 0.224 e. The number of carbonyl (C=O) groups excluding carboxylic acids is 2. The number of hydrogen-bond donors (Lipinski definition) is 2. The van der Waals surface area contributed by atoms with Crippen LogP contribution in [-0.4, -0.2) is 31.8 Å². The van der Waals surface area contributed by atoms with Gasteiger partial charge in [0.2, 0.25) is 11.8 Å². The van der Waals surface area contributed by atoms with Gasteiger partial charge in [0.25, 0.3) is 0 Å². The van der Waals surface area contributed by atoms with E-state index in [0.717, 1.165) is 71.6 Å². The Hall–Kier alpha value is -4.98. The SMILES string of the molecule is O=C(CCCCCCCCC(=O)Nc1cccc2nc3ccccc3nc12)Nc1cccc2nc3ccccc3nc12. The second-order valence-corrected chi connectivity index (χ2v) is 10.5. The molecule has 6 aromatic rings. The number of unbranched alkanes of at least 4 members (excludes halogenated alkanes) is 5. The Bertz CT molecular complexity index is 1770. The van der Waals surface area contributed by atoms with Gasteiger partial charge in [-0.1, -0.05) is 62.1 Å². The number of aromatic nitrogens is 4. The highest BCUT2D eigenvalue weighted by Crippen LogP contribution is 2.25. The van der Waals surface area contributed by atoms with Crippen molar-refractivity contribution in [3.63, 3.8) is 0 Å². The summed E-state index contributed by atoms with van der Waals surface area (Å²) in [6.45, 7) is 0. The average molecular weight is 557 g/mol. The molecular formula is C34H32N6O2. The van der Waals surface area contributed by atoms with Gasteiger partial charge in [-0.2, -0.15) is 0 Å². The molecule has 4 aromatic carbocycles. The molecule has 2 aromatic heterocycles. The first-order chi connectivity index (χ1) is 20.6. The summed E-state index contributed by atoms with van der Waals surface area (Å²) in [4.78, 5) is 44.0. The molecule has 0 aliphatic carbocycles. The largest absolute Gasteiger partial charge is 0.324 e. The molecule has 0 aliphatic rings. The van der Waals surface area contributed by atoms with Crippen LogP contribution >= 0.6 is 0 Å². The normalized spacial score (nSPS) is 11.3. The van der Waals surface area contributed by atoms with E-state index in [0.29, 0.717) is 35.2 Å². The quantitative estimate of drug-likeness (QED) is 0.126. The van der Waals surface area contributed by atoms with Gasteiger partial charge in [0.05, 0.1) is 44.5 Å². The minimum Gasteiger partial charge on any atom is -0.324 e. The molecule has 42 heavy (non-hydrogen) atoms. The summed E-state index contributed by atoms with van der Waals surface area (Å²) < 4.78 is 0. The van der Waals surface area contributed by atoms with E-state index in [1.165, 1.54) is 0 Å². The number of benzene rings is 4. The zero-order valence-electron chi connectivity index (χ0n) is 23.3. The molecule has 0 fully saturated rings. The van der Waals surface area contributed by atoms with Crippen molar-refractivity contribution in [3.05, 3.63) is 84.9 Å². The zero-order valence-corrected chi connectivity index (χ0v) is 23.3. The van der Waals surface area contributed by atoms with Gasteiger partial charge in [0.1, 0.15) is 11.0 Å². The summed E-state index contributed by atoms with van der Waals surface area (Å²) in [5, 5.41) is 6.04. The number of hydrogen-bond acceptors (Lipinski definition) is 6. The zero-order chi connectivity index (χ0) is 28.7. The van der Waals surface area contributed by atoms with Gasteiger partial charge < -0.3 is 10.6 Å². The Morgan fingerprint density at radius 1 is 0.429 bits per heavy atom. The van der Waals surface area contributed by atoms with Crippen LogP contribution in [0.15, 0.2) is 84.9 Å². The van der Waals surface area contributed by atoms with Crippen LogP contribution in [0.4, 0.5) is 11.4 Å². The summed E-state index contributed by atoms with van der Waals surface area (Å²) in [6.07, 6.45) is 6.58. The predicted octanol–water partition coefficient (Wildman–Crippen LogP) is 7.58. The highest BCUT2D eigenvalue weighted by Gasteiger charge is 2.11. The first kappa shape index (κ1) is 27.2. The van der Waals surface area contributed by atoms with Crippen LogP contribution in [-0.2, 0) is 9.59 Å². The van der Waals surface area contributed by atoms with Crippen molar-refractivity contribution in [2.75, 3.05) is 10.6 Å². The third kappa shape index (κ3) is 6.33. The van der Waals surface area contributed by atoms with Crippen LogP contribution < -0.4 is 10.6 Å². The van der Waals surface area contributed by atoms with Gasteiger partial charge in [-0.3, -0.25) is 9.59 Å². The minimum atomic E-state index is -0.0137. The lowest BCUT2D eigenvalue weighted by molar-refractivity contribution is -0.117. The van der Waals surface area contributed by atoms with Crippen LogP contribution in [0.25, 0.3) is 44.1 Å². The van der Waals surface area contributed by atoms with E-state index >= 15 is 0 Å². The summed E-state index contributed by atoms with van der Waals surface area (Å²) in [7, 11) is 0. The number of rotatable bonds is 11. The lowest BCUT2D eigenvalue weighted by Gasteiger charge is -2.09. The summed E-state index contributed by atoms with van der Waals surface area (Å²) in [5.74, 6) is -0.0273. The van der Waals surface area contributed by atoms with Crippen molar-refractivity contribution in [2.45, 2.75) is 51.4 Å². The van der Waals surface area contributed by atoms with Gasteiger partial charge in [0.15, 0.2) is 0 Å². The van der Waals surface area contributed by atoms with Crippen molar-refractivity contribution < 1.29 is 9.59 Å². The highest BCUT2D eigenvalue weighted by molar-refractivity contribution is 6.02. The van der Waals surface area contributed by atoms with Crippen LogP contribution in [0.5, 0.6) is 0 Å². The molecular weight excluding hydrogens is 524 g/mol. The number of nitrogens with zero attached hydrogens (tertiary/aromatic N) is 4. The Labute approximate surface area is 243 Å². The second kappa shape index (κ2) is 12.7. The number of carbonyl (C=O) groups is 2. The first-order valence-corrected chi connectivity index (χ1v) is 14.5. The predicted molar refractivity (Wildman–Crippen MR) is 168 cm³/mol. The highest BCUT2D eigenvalue weighted by atomic mass is 16.2. The first-order valence-electron chi connectivity index (χ1n) is 14.5. The average Bonchev–Trinajstić information content (AvgIpc) is 3.01. The molecule has 0 saturated heterocycles. The monoisotopic (exact) mass is 556 g/mol. The van der Waals surface area contributed by atoms with E-state index in [2.05, 4.69) is 20.6 Å². The van der Waals surface area contributed by atoms with Crippen molar-refractivity contribution >= 4 is 67.3 Å². The molecule has 6 rings (SSSR count). The van der Waals surface area contributed by atoms with Gasteiger partial charge >= 0.3 is 0 Å². The second-order valence-electron chi connectivity index (χ2n) is 10.5. The standard InChI is InChI=1S/C34H32N6O2/c41-31(37-29-19-11-17-27-33(29)39-25-15-9-7-13-23(25)35-27)21-5-3-1-2-4-6-22-32(42)38-30-20-12-18-28-34(30)40-26-16-10-8-14-24(26)36-28/h7-20H,1-6,21-22H2,(H,37,41)(H,38,42). The minimum absolute atomic E-state index is 0.0137. The fourth-order valence-corrected chi connectivity index (χ4v) is 5.19. The Kier molecular flexibility index (Phi) is 8.21. The number of fused-ring (bicyclic) bond motifs is 4. The summed E-state index contributed by atoms with van der Waals surface area (Å²) >= 11 is 0. The number of nitrogens with one attached hydrogen (secondary N) is 2. The van der Waals surface area contributed by atoms with Crippen molar-refractivity contribution in [1.82, 2.24) is 19.9 Å².